The van der Waals surface area contributed by atoms with Crippen molar-refractivity contribution in [1.29, 1.82) is 0 Å². The van der Waals surface area contributed by atoms with Gasteiger partial charge in [0.15, 0.2) is 0 Å². The summed E-state index contributed by atoms with van der Waals surface area (Å²) in [5.41, 5.74) is 4.69. The maximum Gasteiger partial charge on any atom is 0.265 e. The Balaban J connectivity index is 2.48. The van der Waals surface area contributed by atoms with Gasteiger partial charge in [0, 0.05) is 5.56 Å². The highest BCUT2D eigenvalue weighted by atomic mass is 16.5. The number of rotatable bonds is 6. The van der Waals surface area contributed by atoms with Crippen molar-refractivity contribution in [1.82, 2.24) is 5.43 Å². The minimum absolute atomic E-state index is 0.297. The van der Waals surface area contributed by atoms with E-state index in [2.05, 4.69) is 12.0 Å². The Morgan fingerprint density at radius 1 is 1.53 bits per heavy atom. The summed E-state index contributed by atoms with van der Waals surface area (Å²) in [6.45, 7) is 6.90. The van der Waals surface area contributed by atoms with Crippen LogP contribution in [0.3, 0.4) is 0 Å². The number of nitrogens with one attached hydrogen (secondary N) is 1. The van der Waals surface area contributed by atoms with Crippen molar-refractivity contribution in [3.8, 4) is 0 Å². The third kappa shape index (κ3) is 4.80. The van der Waals surface area contributed by atoms with E-state index in [1.54, 1.807) is 12.1 Å². The average Bonchev–Trinajstić information content (AvgIpc) is 2.34. The first-order valence-corrected chi connectivity index (χ1v) is 5.45. The zero-order chi connectivity index (χ0) is 12.7. The largest absolute Gasteiger partial charge is 0.376 e. The molecule has 0 fully saturated rings. The molecule has 0 bridgehead atoms. The molecule has 17 heavy (non-hydrogen) atoms. The molecular weight excluding hydrogens is 216 g/mol. The Labute approximate surface area is 101 Å². The molecule has 0 saturated carbocycles. The number of nitrogens with two attached hydrogens (primary N) is 1. The predicted octanol–water partition coefficient (Wildman–Crippen LogP) is 1.77. The van der Waals surface area contributed by atoms with E-state index in [4.69, 9.17) is 10.6 Å². The average molecular weight is 234 g/mol. The number of hydrogen-bond donors (Lipinski definition) is 2. The SMILES string of the molecule is C=C(C)CCOCc1cccc(C(=O)NN)c1. The van der Waals surface area contributed by atoms with E-state index in [1.807, 2.05) is 19.1 Å². The summed E-state index contributed by atoms with van der Waals surface area (Å²) in [4.78, 5) is 11.3. The molecule has 92 valence electrons. The van der Waals surface area contributed by atoms with Gasteiger partial charge in [0.05, 0.1) is 13.2 Å². The Bertz CT molecular complexity index is 402. The van der Waals surface area contributed by atoms with Gasteiger partial charge in [-0.15, -0.1) is 6.58 Å². The first-order chi connectivity index (χ1) is 8.13. The Hall–Kier alpha value is -1.65. The zero-order valence-electron chi connectivity index (χ0n) is 10.0. The lowest BCUT2D eigenvalue weighted by Crippen LogP contribution is -2.29. The topological polar surface area (TPSA) is 64.3 Å². The summed E-state index contributed by atoms with van der Waals surface area (Å²) in [6.07, 6.45) is 0.850. The highest BCUT2D eigenvalue weighted by Crippen LogP contribution is 2.07. The van der Waals surface area contributed by atoms with Crippen LogP contribution in [0.15, 0.2) is 36.4 Å². The van der Waals surface area contributed by atoms with Crippen LogP contribution < -0.4 is 11.3 Å². The van der Waals surface area contributed by atoms with Crippen molar-refractivity contribution < 1.29 is 9.53 Å². The maximum atomic E-state index is 11.3. The van der Waals surface area contributed by atoms with Crippen LogP contribution in [0.25, 0.3) is 0 Å². The lowest BCUT2D eigenvalue weighted by atomic mass is 10.1. The lowest BCUT2D eigenvalue weighted by molar-refractivity contribution is 0.0953. The molecule has 0 heterocycles. The normalized spacial score (nSPS) is 10.0. The van der Waals surface area contributed by atoms with Gasteiger partial charge in [0.25, 0.3) is 5.91 Å². The Morgan fingerprint density at radius 3 is 2.94 bits per heavy atom. The van der Waals surface area contributed by atoms with Crippen molar-refractivity contribution in [3.05, 3.63) is 47.5 Å². The number of ether oxygens (including phenoxy) is 1. The van der Waals surface area contributed by atoms with E-state index in [0.29, 0.717) is 18.8 Å². The summed E-state index contributed by atoms with van der Waals surface area (Å²) < 4.78 is 5.48. The second-order valence-corrected chi connectivity index (χ2v) is 3.93. The summed E-state index contributed by atoms with van der Waals surface area (Å²) in [5.74, 6) is 4.77. The summed E-state index contributed by atoms with van der Waals surface area (Å²) in [6, 6.07) is 7.19. The first-order valence-electron chi connectivity index (χ1n) is 5.45. The first kappa shape index (κ1) is 13.4. The molecule has 0 aliphatic heterocycles. The van der Waals surface area contributed by atoms with Crippen LogP contribution in [0.1, 0.15) is 29.3 Å². The molecule has 0 saturated heterocycles. The number of carbonyl (C=O) groups is 1. The summed E-state index contributed by atoms with van der Waals surface area (Å²) in [7, 11) is 0. The van der Waals surface area contributed by atoms with Gasteiger partial charge in [-0.25, -0.2) is 5.84 Å². The molecular formula is C13H18N2O2. The van der Waals surface area contributed by atoms with Crippen molar-refractivity contribution in [2.75, 3.05) is 6.61 Å². The van der Waals surface area contributed by atoms with Crippen LogP contribution in [0.4, 0.5) is 0 Å². The Kier molecular flexibility index (Phi) is 5.39. The van der Waals surface area contributed by atoms with Crippen molar-refractivity contribution >= 4 is 5.91 Å². The standard InChI is InChI=1S/C13H18N2O2/c1-10(2)6-7-17-9-11-4-3-5-12(8-11)13(16)15-14/h3-5,8H,1,6-7,9,14H2,2H3,(H,15,16). The van der Waals surface area contributed by atoms with E-state index < -0.39 is 0 Å². The quantitative estimate of drug-likeness (QED) is 0.259. The molecule has 0 aromatic heterocycles. The fourth-order valence-corrected chi connectivity index (χ4v) is 1.32. The molecule has 0 radical (unpaired) electrons. The van der Waals surface area contributed by atoms with E-state index in [-0.39, 0.29) is 5.91 Å². The molecule has 1 rings (SSSR count). The zero-order valence-corrected chi connectivity index (χ0v) is 10.0. The molecule has 0 atom stereocenters. The fourth-order valence-electron chi connectivity index (χ4n) is 1.32. The second kappa shape index (κ2) is 6.83. The lowest BCUT2D eigenvalue weighted by Gasteiger charge is -2.06. The molecule has 1 amide bonds. The number of amides is 1. The van der Waals surface area contributed by atoms with Gasteiger partial charge in [-0.3, -0.25) is 10.2 Å². The monoisotopic (exact) mass is 234 g/mol. The van der Waals surface area contributed by atoms with Gasteiger partial charge in [-0.1, -0.05) is 17.7 Å². The van der Waals surface area contributed by atoms with E-state index in [9.17, 15) is 4.79 Å². The van der Waals surface area contributed by atoms with Crippen LogP contribution in [0, 0.1) is 0 Å². The van der Waals surface area contributed by atoms with Gasteiger partial charge in [0.1, 0.15) is 0 Å². The van der Waals surface area contributed by atoms with Gasteiger partial charge in [0.2, 0.25) is 0 Å². The Morgan fingerprint density at radius 2 is 2.29 bits per heavy atom. The van der Waals surface area contributed by atoms with Gasteiger partial charge >= 0.3 is 0 Å². The number of hydrogen-bond acceptors (Lipinski definition) is 3. The summed E-state index contributed by atoms with van der Waals surface area (Å²) in [5, 5.41) is 0. The molecule has 0 aliphatic rings. The number of benzene rings is 1. The van der Waals surface area contributed by atoms with E-state index in [1.165, 1.54) is 0 Å². The van der Waals surface area contributed by atoms with Crippen molar-refractivity contribution in [2.45, 2.75) is 20.0 Å². The van der Waals surface area contributed by atoms with Crippen LogP contribution in [0.2, 0.25) is 0 Å². The van der Waals surface area contributed by atoms with Gasteiger partial charge in [-0.05, 0) is 31.0 Å². The minimum atomic E-state index is -0.297. The van der Waals surface area contributed by atoms with E-state index in [0.717, 1.165) is 17.6 Å². The number of nitrogen functional groups attached to an aromatic ring is 1. The number of hydrazine groups is 1. The highest BCUT2D eigenvalue weighted by Gasteiger charge is 2.03. The molecule has 4 nitrogen and oxygen atoms in total. The van der Waals surface area contributed by atoms with Crippen LogP contribution in [0.5, 0.6) is 0 Å². The van der Waals surface area contributed by atoms with Crippen LogP contribution in [-0.2, 0) is 11.3 Å². The molecule has 4 heteroatoms. The van der Waals surface area contributed by atoms with Gasteiger partial charge < -0.3 is 4.74 Å². The van der Waals surface area contributed by atoms with Crippen molar-refractivity contribution in [2.24, 2.45) is 5.84 Å². The second-order valence-electron chi connectivity index (χ2n) is 3.93. The molecule has 0 unspecified atom stereocenters. The smallest absolute Gasteiger partial charge is 0.265 e. The molecule has 0 aliphatic carbocycles. The van der Waals surface area contributed by atoms with E-state index >= 15 is 0 Å². The van der Waals surface area contributed by atoms with Gasteiger partial charge in [-0.2, -0.15) is 0 Å². The van der Waals surface area contributed by atoms with Crippen LogP contribution >= 0.6 is 0 Å². The molecule has 1 aromatic rings. The maximum absolute atomic E-state index is 11.3. The van der Waals surface area contributed by atoms with Crippen LogP contribution in [-0.4, -0.2) is 12.5 Å². The highest BCUT2D eigenvalue weighted by molar-refractivity contribution is 5.93. The third-order valence-corrected chi connectivity index (χ3v) is 2.26. The molecule has 3 N–H and O–H groups in total. The summed E-state index contributed by atoms with van der Waals surface area (Å²) >= 11 is 0. The molecule has 0 spiro atoms. The molecule has 1 aromatic carbocycles. The predicted molar refractivity (Wildman–Crippen MR) is 67.2 cm³/mol. The minimum Gasteiger partial charge on any atom is -0.376 e. The third-order valence-electron chi connectivity index (χ3n) is 2.26. The fraction of sp³-hybridized carbons (Fsp3) is 0.308. The number of carbonyl (C=O) groups excluding carboxylic acids is 1. The van der Waals surface area contributed by atoms with Crippen molar-refractivity contribution in [3.63, 3.8) is 0 Å².